The van der Waals surface area contributed by atoms with E-state index in [-0.39, 0.29) is 0 Å². The lowest BCUT2D eigenvalue weighted by Crippen LogP contribution is -2.01. The van der Waals surface area contributed by atoms with Crippen molar-refractivity contribution >= 4 is 63.8 Å². The maximum Gasteiger partial charge on any atom is 0.164 e. The van der Waals surface area contributed by atoms with Gasteiger partial charge in [-0.2, -0.15) is 0 Å². The third-order valence-corrected chi connectivity index (χ3v) is 11.9. The van der Waals surface area contributed by atoms with Gasteiger partial charge in [-0.15, -0.1) is 11.3 Å². The largest absolute Gasteiger partial charge is 0.208 e. The molecule has 9 aromatic carbocycles. The molecule has 55 heavy (non-hydrogen) atoms. The number of thiophene rings is 1. The molecule has 0 aliphatic rings. The smallest absolute Gasteiger partial charge is 0.164 e. The van der Waals surface area contributed by atoms with E-state index in [1.165, 1.54) is 41.9 Å². The highest BCUT2D eigenvalue weighted by Gasteiger charge is 2.17. The second kappa shape index (κ2) is 12.8. The lowest BCUT2D eigenvalue weighted by Gasteiger charge is -2.13. The van der Waals surface area contributed by atoms with Gasteiger partial charge in [0.25, 0.3) is 0 Å². The minimum Gasteiger partial charge on any atom is -0.208 e. The summed E-state index contributed by atoms with van der Waals surface area (Å²) in [6, 6.07) is 66.9. The van der Waals surface area contributed by atoms with Crippen LogP contribution in [0.5, 0.6) is 0 Å². The highest BCUT2D eigenvalue weighted by molar-refractivity contribution is 7.26. The van der Waals surface area contributed by atoms with Crippen LogP contribution >= 0.6 is 11.3 Å². The SMILES string of the molecule is c1ccc(-c2cccc(-c3nc(-c4ccc5ccccc5c4)nc(-c4cccc5ccc(-c6cccc7ccc8c9ccccc9sc8c67)cc45)n3)c2)cc1. The van der Waals surface area contributed by atoms with Crippen LogP contribution in [0.25, 0.3) is 109 Å². The maximum absolute atomic E-state index is 5.24. The summed E-state index contributed by atoms with van der Waals surface area (Å²) in [5.74, 6) is 1.93. The molecule has 0 saturated carbocycles. The van der Waals surface area contributed by atoms with E-state index in [2.05, 4.69) is 182 Å². The molecule has 0 spiro atoms. The van der Waals surface area contributed by atoms with Gasteiger partial charge in [0, 0.05) is 42.2 Å². The molecule has 0 saturated heterocycles. The van der Waals surface area contributed by atoms with E-state index in [9.17, 15) is 0 Å². The van der Waals surface area contributed by atoms with Crippen molar-refractivity contribution in [1.29, 1.82) is 0 Å². The van der Waals surface area contributed by atoms with Gasteiger partial charge >= 0.3 is 0 Å². The molecule has 11 rings (SSSR count). The normalized spacial score (nSPS) is 11.6. The zero-order chi connectivity index (χ0) is 36.3. The van der Waals surface area contributed by atoms with E-state index in [1.807, 2.05) is 17.4 Å². The van der Waals surface area contributed by atoms with Crippen molar-refractivity contribution in [2.45, 2.75) is 0 Å². The molecule has 2 aromatic heterocycles. The summed E-state index contributed by atoms with van der Waals surface area (Å²) in [4.78, 5) is 15.6. The lowest BCUT2D eigenvalue weighted by atomic mass is 9.93. The summed E-state index contributed by atoms with van der Waals surface area (Å²) in [6.45, 7) is 0. The second-order valence-corrected chi connectivity index (χ2v) is 15.1. The second-order valence-electron chi connectivity index (χ2n) is 14.0. The van der Waals surface area contributed by atoms with Gasteiger partial charge in [-0.25, -0.2) is 15.0 Å². The van der Waals surface area contributed by atoms with E-state index in [4.69, 9.17) is 15.0 Å². The van der Waals surface area contributed by atoms with Crippen LogP contribution in [0.4, 0.5) is 0 Å². The van der Waals surface area contributed by atoms with Gasteiger partial charge in [-0.1, -0.05) is 164 Å². The van der Waals surface area contributed by atoms with Gasteiger partial charge in [0.05, 0.1) is 0 Å². The van der Waals surface area contributed by atoms with Gasteiger partial charge in [0.2, 0.25) is 0 Å². The Hall–Kier alpha value is -7.01. The molecule has 0 radical (unpaired) electrons. The van der Waals surface area contributed by atoms with Crippen LogP contribution in [0.1, 0.15) is 0 Å². The highest BCUT2D eigenvalue weighted by atomic mass is 32.1. The molecular weight excluding hydrogens is 687 g/mol. The average molecular weight is 718 g/mol. The minimum atomic E-state index is 0.639. The van der Waals surface area contributed by atoms with Crippen LogP contribution in [0.2, 0.25) is 0 Å². The molecule has 0 bridgehead atoms. The standard InChI is InChI=1S/C51H31N3S/c1-2-11-32(12-3-1)37-17-8-18-39(29-37)49-52-50(40-26-23-33-13-4-5-14-36(33)30-40)54-51(53-49)44-21-9-15-34-24-25-38(31-45(34)44)41-20-10-16-35-27-28-43-42-19-6-7-22-46(42)55-48(43)47(35)41/h1-31H. The Morgan fingerprint density at radius 1 is 0.309 bits per heavy atom. The average Bonchev–Trinajstić information content (AvgIpc) is 3.65. The van der Waals surface area contributed by atoms with Crippen molar-refractivity contribution in [3.05, 3.63) is 188 Å². The topological polar surface area (TPSA) is 38.7 Å². The molecule has 0 aliphatic heterocycles. The molecule has 0 unspecified atom stereocenters. The van der Waals surface area contributed by atoms with Crippen LogP contribution in [-0.4, -0.2) is 15.0 Å². The highest BCUT2D eigenvalue weighted by Crippen LogP contribution is 2.43. The van der Waals surface area contributed by atoms with Gasteiger partial charge in [-0.3, -0.25) is 0 Å². The third kappa shape index (κ3) is 5.46. The van der Waals surface area contributed by atoms with Gasteiger partial charge in [-0.05, 0) is 73.5 Å². The van der Waals surface area contributed by atoms with E-state index >= 15 is 0 Å². The van der Waals surface area contributed by atoms with Crippen molar-refractivity contribution in [3.8, 4) is 56.4 Å². The summed E-state index contributed by atoms with van der Waals surface area (Å²) in [7, 11) is 0. The fourth-order valence-electron chi connectivity index (χ4n) is 7.98. The van der Waals surface area contributed by atoms with Crippen LogP contribution in [0.15, 0.2) is 188 Å². The predicted octanol–water partition coefficient (Wildman–Crippen LogP) is 14.0. The van der Waals surface area contributed by atoms with E-state index in [0.717, 1.165) is 49.5 Å². The molecule has 11 aromatic rings. The Kier molecular flexibility index (Phi) is 7.35. The van der Waals surface area contributed by atoms with Crippen LogP contribution in [-0.2, 0) is 0 Å². The van der Waals surface area contributed by atoms with Crippen LogP contribution in [0.3, 0.4) is 0 Å². The monoisotopic (exact) mass is 717 g/mol. The zero-order valence-electron chi connectivity index (χ0n) is 29.6. The number of nitrogens with zero attached hydrogens (tertiary/aromatic N) is 3. The van der Waals surface area contributed by atoms with E-state index < -0.39 is 0 Å². The predicted molar refractivity (Wildman–Crippen MR) is 232 cm³/mol. The molecule has 0 N–H and O–H groups in total. The number of hydrogen-bond donors (Lipinski definition) is 0. The van der Waals surface area contributed by atoms with Crippen LogP contribution in [0, 0.1) is 0 Å². The van der Waals surface area contributed by atoms with Crippen molar-refractivity contribution in [3.63, 3.8) is 0 Å². The Balaban J connectivity index is 1.12. The number of rotatable bonds is 5. The first kappa shape index (κ1) is 31.5. The first-order chi connectivity index (χ1) is 27.2. The maximum atomic E-state index is 5.24. The molecule has 0 atom stereocenters. The molecule has 256 valence electrons. The Labute approximate surface area is 321 Å². The molecule has 3 nitrogen and oxygen atoms in total. The Morgan fingerprint density at radius 2 is 0.927 bits per heavy atom. The first-order valence-corrected chi connectivity index (χ1v) is 19.3. The van der Waals surface area contributed by atoms with Crippen molar-refractivity contribution in [1.82, 2.24) is 15.0 Å². The number of aromatic nitrogens is 3. The van der Waals surface area contributed by atoms with Crippen molar-refractivity contribution in [2.75, 3.05) is 0 Å². The Bertz CT molecular complexity index is 3270. The van der Waals surface area contributed by atoms with Crippen LogP contribution < -0.4 is 0 Å². The van der Waals surface area contributed by atoms with Gasteiger partial charge < -0.3 is 0 Å². The number of benzene rings is 9. The fourth-order valence-corrected chi connectivity index (χ4v) is 9.25. The lowest BCUT2D eigenvalue weighted by molar-refractivity contribution is 1.08. The number of fused-ring (bicyclic) bond motifs is 7. The zero-order valence-corrected chi connectivity index (χ0v) is 30.5. The molecular formula is C51H31N3S. The van der Waals surface area contributed by atoms with Crippen molar-refractivity contribution < 1.29 is 0 Å². The summed E-state index contributed by atoms with van der Waals surface area (Å²) >= 11 is 1.88. The summed E-state index contributed by atoms with van der Waals surface area (Å²) < 4.78 is 2.63. The molecule has 0 fully saturated rings. The summed E-state index contributed by atoms with van der Waals surface area (Å²) in [5.41, 5.74) is 7.51. The molecule has 2 heterocycles. The number of hydrogen-bond acceptors (Lipinski definition) is 4. The third-order valence-electron chi connectivity index (χ3n) is 10.7. The minimum absolute atomic E-state index is 0.639. The van der Waals surface area contributed by atoms with Gasteiger partial charge in [0.15, 0.2) is 17.5 Å². The summed E-state index contributed by atoms with van der Waals surface area (Å²) in [6.07, 6.45) is 0. The van der Waals surface area contributed by atoms with E-state index in [0.29, 0.717) is 17.5 Å². The fraction of sp³-hybridized carbons (Fsp3) is 0. The molecule has 0 aliphatic carbocycles. The summed E-state index contributed by atoms with van der Waals surface area (Å²) in [5, 5.41) is 9.70. The van der Waals surface area contributed by atoms with Gasteiger partial charge in [0.1, 0.15) is 0 Å². The Morgan fingerprint density at radius 3 is 1.82 bits per heavy atom. The molecule has 4 heteroatoms. The quantitative estimate of drug-likeness (QED) is 0.178. The van der Waals surface area contributed by atoms with Crippen molar-refractivity contribution in [2.24, 2.45) is 0 Å². The van der Waals surface area contributed by atoms with E-state index in [1.54, 1.807) is 0 Å². The first-order valence-electron chi connectivity index (χ1n) is 18.5. The molecule has 0 amide bonds.